The summed E-state index contributed by atoms with van der Waals surface area (Å²) in [6.07, 6.45) is 4.32. The van der Waals surface area contributed by atoms with Gasteiger partial charge in [-0.2, -0.15) is 0 Å². The molecule has 28 heavy (non-hydrogen) atoms. The largest absolute Gasteiger partial charge is 0.495 e. The first kappa shape index (κ1) is 21.1. The normalized spacial score (nSPS) is 16.1. The summed E-state index contributed by atoms with van der Waals surface area (Å²) < 4.78 is 32.5. The van der Waals surface area contributed by atoms with Crippen molar-refractivity contribution in [2.24, 2.45) is 0 Å². The SMILES string of the molecule is COc1ccc(Cl)cc1S(=O)(=O)NCC(=O)NCC1(c2cccs2)CCCC1. The molecule has 0 bridgehead atoms. The quantitative estimate of drug-likeness (QED) is 0.656. The Morgan fingerprint density at radius 1 is 1.29 bits per heavy atom. The molecule has 1 aromatic heterocycles. The Labute approximate surface area is 174 Å². The number of thiophene rings is 1. The summed E-state index contributed by atoms with van der Waals surface area (Å²) >= 11 is 7.60. The highest BCUT2D eigenvalue weighted by molar-refractivity contribution is 7.89. The van der Waals surface area contributed by atoms with Crippen molar-refractivity contribution in [2.45, 2.75) is 36.0 Å². The fourth-order valence-corrected chi connectivity index (χ4v) is 5.97. The van der Waals surface area contributed by atoms with Gasteiger partial charge in [0, 0.05) is 21.9 Å². The zero-order valence-electron chi connectivity index (χ0n) is 15.5. The maximum atomic E-state index is 12.6. The van der Waals surface area contributed by atoms with Crippen LogP contribution in [0.25, 0.3) is 0 Å². The molecule has 0 aliphatic heterocycles. The molecule has 2 aromatic rings. The van der Waals surface area contributed by atoms with E-state index in [1.807, 2.05) is 11.4 Å². The standard InChI is InChI=1S/C19H23ClN2O4S2/c1-26-15-7-6-14(20)11-16(15)28(24,25)22-12-18(23)21-13-19(8-2-3-9-19)17-5-4-10-27-17/h4-7,10-11,22H,2-3,8-9,12-13H2,1H3,(H,21,23). The van der Waals surface area contributed by atoms with Gasteiger partial charge in [-0.1, -0.05) is 30.5 Å². The zero-order chi connectivity index (χ0) is 20.2. The fraction of sp³-hybridized carbons (Fsp3) is 0.421. The van der Waals surface area contributed by atoms with Crippen LogP contribution in [0.2, 0.25) is 5.02 Å². The fourth-order valence-electron chi connectivity index (χ4n) is 3.57. The van der Waals surface area contributed by atoms with Crippen molar-refractivity contribution in [1.29, 1.82) is 0 Å². The molecule has 1 aliphatic rings. The van der Waals surface area contributed by atoms with Crippen molar-refractivity contribution in [3.63, 3.8) is 0 Å². The summed E-state index contributed by atoms with van der Waals surface area (Å²) in [6, 6.07) is 8.44. The number of carbonyl (C=O) groups excluding carboxylic acids is 1. The summed E-state index contributed by atoms with van der Waals surface area (Å²) in [6.45, 7) is 0.160. The summed E-state index contributed by atoms with van der Waals surface area (Å²) in [5.74, 6) is -0.202. The molecular weight excluding hydrogens is 420 g/mol. The van der Waals surface area contributed by atoms with Gasteiger partial charge in [0.05, 0.1) is 13.7 Å². The van der Waals surface area contributed by atoms with E-state index in [4.69, 9.17) is 16.3 Å². The number of amides is 1. The maximum Gasteiger partial charge on any atom is 0.244 e. The lowest BCUT2D eigenvalue weighted by molar-refractivity contribution is -0.120. The van der Waals surface area contributed by atoms with E-state index in [1.165, 1.54) is 30.2 Å². The minimum atomic E-state index is -3.93. The van der Waals surface area contributed by atoms with Gasteiger partial charge in [0.2, 0.25) is 15.9 Å². The van der Waals surface area contributed by atoms with Crippen LogP contribution in [-0.4, -0.2) is 34.5 Å². The lowest BCUT2D eigenvalue weighted by Crippen LogP contribution is -2.43. The Morgan fingerprint density at radius 2 is 2.04 bits per heavy atom. The van der Waals surface area contributed by atoms with Crippen LogP contribution in [0.5, 0.6) is 5.75 Å². The highest BCUT2D eigenvalue weighted by Gasteiger charge is 2.36. The third kappa shape index (κ3) is 4.68. The van der Waals surface area contributed by atoms with Crippen LogP contribution in [0, 0.1) is 0 Å². The van der Waals surface area contributed by atoms with Gasteiger partial charge in [-0.3, -0.25) is 4.79 Å². The van der Waals surface area contributed by atoms with Crippen LogP contribution in [-0.2, 0) is 20.2 Å². The third-order valence-electron chi connectivity index (χ3n) is 5.07. The maximum absolute atomic E-state index is 12.6. The van der Waals surface area contributed by atoms with Crippen molar-refractivity contribution in [1.82, 2.24) is 10.0 Å². The van der Waals surface area contributed by atoms with Gasteiger partial charge in [0.15, 0.2) is 0 Å². The van der Waals surface area contributed by atoms with E-state index in [1.54, 1.807) is 11.3 Å². The summed E-state index contributed by atoms with van der Waals surface area (Å²) in [5.41, 5.74) is -0.0428. The van der Waals surface area contributed by atoms with Crippen LogP contribution >= 0.6 is 22.9 Å². The average Bonchev–Trinajstić information content (AvgIpc) is 3.37. The molecule has 1 amide bonds. The molecule has 0 saturated heterocycles. The number of rotatable bonds is 8. The van der Waals surface area contributed by atoms with Gasteiger partial charge in [-0.05, 0) is 42.5 Å². The second-order valence-corrected chi connectivity index (χ2v) is 9.98. The number of carbonyl (C=O) groups is 1. The molecular formula is C19H23ClN2O4S2. The summed E-state index contributed by atoms with van der Waals surface area (Å²) in [4.78, 5) is 13.5. The number of nitrogens with one attached hydrogen (secondary N) is 2. The van der Waals surface area contributed by atoms with Crippen LogP contribution in [0.3, 0.4) is 0 Å². The second kappa shape index (κ2) is 8.82. The van der Waals surface area contributed by atoms with Gasteiger partial charge < -0.3 is 10.1 Å². The van der Waals surface area contributed by atoms with E-state index >= 15 is 0 Å². The van der Waals surface area contributed by atoms with Crippen molar-refractivity contribution < 1.29 is 17.9 Å². The van der Waals surface area contributed by atoms with Crippen molar-refractivity contribution in [3.05, 3.63) is 45.6 Å². The molecule has 2 N–H and O–H groups in total. The lowest BCUT2D eigenvalue weighted by Gasteiger charge is -2.28. The highest BCUT2D eigenvalue weighted by Crippen LogP contribution is 2.42. The van der Waals surface area contributed by atoms with Crippen LogP contribution in [0.4, 0.5) is 0 Å². The van der Waals surface area contributed by atoms with E-state index in [2.05, 4.69) is 16.1 Å². The van der Waals surface area contributed by atoms with Crippen molar-refractivity contribution in [3.8, 4) is 5.75 Å². The monoisotopic (exact) mass is 442 g/mol. The number of sulfonamides is 1. The van der Waals surface area contributed by atoms with Gasteiger partial charge >= 0.3 is 0 Å². The molecule has 1 saturated carbocycles. The van der Waals surface area contributed by atoms with E-state index in [-0.39, 0.29) is 33.5 Å². The topological polar surface area (TPSA) is 84.5 Å². The molecule has 6 nitrogen and oxygen atoms in total. The van der Waals surface area contributed by atoms with Crippen LogP contribution in [0.15, 0.2) is 40.6 Å². The smallest absolute Gasteiger partial charge is 0.244 e. The summed E-state index contributed by atoms with van der Waals surface area (Å²) in [7, 11) is -2.56. The van der Waals surface area contributed by atoms with E-state index in [9.17, 15) is 13.2 Å². The second-order valence-electron chi connectivity index (χ2n) is 6.86. The minimum Gasteiger partial charge on any atom is -0.495 e. The molecule has 0 unspecified atom stereocenters. The molecule has 0 atom stereocenters. The predicted octanol–water partition coefficient (Wildman–Crippen LogP) is 3.32. The molecule has 1 aliphatic carbocycles. The predicted molar refractivity (Wildman–Crippen MR) is 111 cm³/mol. The molecule has 0 spiro atoms. The molecule has 9 heteroatoms. The molecule has 1 fully saturated rings. The Kier molecular flexibility index (Phi) is 6.65. The van der Waals surface area contributed by atoms with Gasteiger partial charge in [0.1, 0.15) is 10.6 Å². The molecule has 152 valence electrons. The number of methoxy groups -OCH3 is 1. The first-order valence-electron chi connectivity index (χ1n) is 9.00. The number of ether oxygens (including phenoxy) is 1. The van der Waals surface area contributed by atoms with Crippen LogP contribution < -0.4 is 14.8 Å². The van der Waals surface area contributed by atoms with Crippen LogP contribution in [0.1, 0.15) is 30.6 Å². The van der Waals surface area contributed by atoms with E-state index in [0.717, 1.165) is 25.7 Å². The third-order valence-corrected chi connectivity index (χ3v) is 7.84. The molecule has 1 heterocycles. The van der Waals surface area contributed by atoms with E-state index < -0.39 is 10.0 Å². The molecule has 3 rings (SSSR count). The minimum absolute atomic E-state index is 0.0428. The first-order chi connectivity index (χ1) is 13.4. The zero-order valence-corrected chi connectivity index (χ0v) is 17.9. The Bertz CT molecular complexity index is 923. The average molecular weight is 443 g/mol. The Morgan fingerprint density at radius 3 is 2.68 bits per heavy atom. The number of hydrogen-bond acceptors (Lipinski definition) is 5. The molecule has 1 aromatic carbocycles. The Hall–Kier alpha value is -1.61. The number of benzene rings is 1. The summed E-state index contributed by atoms with van der Waals surface area (Å²) in [5, 5.41) is 5.21. The van der Waals surface area contributed by atoms with Crippen molar-refractivity contribution >= 4 is 38.9 Å². The molecule has 0 radical (unpaired) electrons. The highest BCUT2D eigenvalue weighted by atomic mass is 35.5. The Balaban J connectivity index is 1.62. The van der Waals surface area contributed by atoms with Gasteiger partial charge in [0.25, 0.3) is 0 Å². The van der Waals surface area contributed by atoms with Crippen molar-refractivity contribution in [2.75, 3.05) is 20.2 Å². The first-order valence-corrected chi connectivity index (χ1v) is 11.7. The van der Waals surface area contributed by atoms with Gasteiger partial charge in [-0.25, -0.2) is 13.1 Å². The van der Waals surface area contributed by atoms with E-state index in [0.29, 0.717) is 6.54 Å². The van der Waals surface area contributed by atoms with Gasteiger partial charge in [-0.15, -0.1) is 11.3 Å². The number of hydrogen-bond donors (Lipinski definition) is 2. The number of halogens is 1. The lowest BCUT2D eigenvalue weighted by atomic mass is 9.84.